The van der Waals surface area contributed by atoms with Gasteiger partial charge in [0, 0.05) is 18.4 Å². The number of para-hydroxylation sites is 1. The molecule has 8 heteroatoms. The zero-order valence-corrected chi connectivity index (χ0v) is 13.1. The normalized spacial score (nSPS) is 16.0. The number of carbonyl (C=O) groups is 1. The van der Waals surface area contributed by atoms with Crippen LogP contribution in [-0.2, 0) is 12.0 Å². The van der Waals surface area contributed by atoms with E-state index in [2.05, 4.69) is 25.7 Å². The van der Waals surface area contributed by atoms with E-state index in [-0.39, 0.29) is 5.91 Å². The van der Waals surface area contributed by atoms with Crippen LogP contribution in [0.25, 0.3) is 10.9 Å². The van der Waals surface area contributed by atoms with Crippen molar-refractivity contribution >= 4 is 16.8 Å². The molecule has 1 aliphatic carbocycles. The number of aromatic nitrogens is 4. The van der Waals surface area contributed by atoms with Crippen molar-refractivity contribution in [1.82, 2.24) is 25.7 Å². The summed E-state index contributed by atoms with van der Waals surface area (Å²) in [4.78, 5) is 16.6. The molecule has 124 valence electrons. The number of carbonyl (C=O) groups excluding carboxylic acids is 1. The molecule has 0 bridgehead atoms. The fraction of sp³-hybridized carbons (Fsp3) is 0.375. The summed E-state index contributed by atoms with van der Waals surface area (Å²) in [6, 6.07) is 7.50. The van der Waals surface area contributed by atoms with Gasteiger partial charge in [0.15, 0.2) is 11.5 Å². The molecule has 3 aromatic rings. The molecule has 4 N–H and O–H groups in total. The van der Waals surface area contributed by atoms with Gasteiger partial charge in [0.25, 0.3) is 5.91 Å². The SMILES string of the molecule is NC1(c2noc(CCNC(=O)c3n[nH]c4ccccc34)n2)CCC1. The number of hydrogen-bond acceptors (Lipinski definition) is 6. The topological polar surface area (TPSA) is 123 Å². The van der Waals surface area contributed by atoms with Crippen molar-refractivity contribution in [2.24, 2.45) is 5.73 Å². The molecular weight excluding hydrogens is 308 g/mol. The number of nitrogens with one attached hydrogen (secondary N) is 2. The molecule has 1 aromatic carbocycles. The predicted octanol–water partition coefficient (Wildman–Crippen LogP) is 1.26. The van der Waals surface area contributed by atoms with Crippen LogP contribution in [0.2, 0.25) is 0 Å². The maximum Gasteiger partial charge on any atom is 0.272 e. The van der Waals surface area contributed by atoms with Gasteiger partial charge in [-0.1, -0.05) is 23.4 Å². The van der Waals surface area contributed by atoms with Gasteiger partial charge in [0.05, 0.1) is 11.1 Å². The highest BCUT2D eigenvalue weighted by atomic mass is 16.5. The fourth-order valence-electron chi connectivity index (χ4n) is 2.84. The van der Waals surface area contributed by atoms with Crippen LogP contribution in [0.5, 0.6) is 0 Å². The Kier molecular flexibility index (Phi) is 3.53. The van der Waals surface area contributed by atoms with Crippen LogP contribution in [0.1, 0.15) is 41.5 Å². The second kappa shape index (κ2) is 5.72. The van der Waals surface area contributed by atoms with E-state index in [9.17, 15) is 4.79 Å². The second-order valence-corrected chi connectivity index (χ2v) is 6.15. The van der Waals surface area contributed by atoms with Crippen LogP contribution in [0.4, 0.5) is 0 Å². The molecule has 1 fully saturated rings. The Morgan fingerprint density at radius 3 is 3.00 bits per heavy atom. The summed E-state index contributed by atoms with van der Waals surface area (Å²) in [5, 5.41) is 14.5. The minimum atomic E-state index is -0.432. The van der Waals surface area contributed by atoms with Crippen molar-refractivity contribution < 1.29 is 9.32 Å². The lowest BCUT2D eigenvalue weighted by Crippen LogP contribution is -2.44. The molecule has 0 atom stereocenters. The smallest absolute Gasteiger partial charge is 0.272 e. The van der Waals surface area contributed by atoms with Gasteiger partial charge in [-0.15, -0.1) is 0 Å². The number of aromatic amines is 1. The Balaban J connectivity index is 1.36. The van der Waals surface area contributed by atoms with E-state index in [1.54, 1.807) is 0 Å². The molecule has 0 spiro atoms. The van der Waals surface area contributed by atoms with Crippen LogP contribution < -0.4 is 11.1 Å². The number of rotatable bonds is 5. The second-order valence-electron chi connectivity index (χ2n) is 6.15. The molecule has 24 heavy (non-hydrogen) atoms. The van der Waals surface area contributed by atoms with Crippen molar-refractivity contribution in [3.8, 4) is 0 Å². The Morgan fingerprint density at radius 2 is 2.21 bits per heavy atom. The van der Waals surface area contributed by atoms with Gasteiger partial charge in [-0.2, -0.15) is 10.1 Å². The highest BCUT2D eigenvalue weighted by molar-refractivity contribution is 6.04. The highest BCUT2D eigenvalue weighted by Crippen LogP contribution is 2.36. The number of benzene rings is 1. The maximum absolute atomic E-state index is 12.2. The van der Waals surface area contributed by atoms with E-state index in [0.717, 1.165) is 30.2 Å². The van der Waals surface area contributed by atoms with Crippen LogP contribution in [0.15, 0.2) is 28.8 Å². The Labute approximate surface area is 137 Å². The summed E-state index contributed by atoms with van der Waals surface area (Å²) in [6.07, 6.45) is 3.31. The predicted molar refractivity (Wildman–Crippen MR) is 86.1 cm³/mol. The summed E-state index contributed by atoms with van der Waals surface area (Å²) < 4.78 is 5.22. The molecule has 4 rings (SSSR count). The molecule has 0 unspecified atom stereocenters. The van der Waals surface area contributed by atoms with Gasteiger partial charge in [-0.05, 0) is 25.3 Å². The minimum Gasteiger partial charge on any atom is -0.350 e. The molecule has 1 aliphatic rings. The van der Waals surface area contributed by atoms with Crippen molar-refractivity contribution in [3.05, 3.63) is 41.7 Å². The van der Waals surface area contributed by atoms with Crippen molar-refractivity contribution in [2.75, 3.05) is 6.54 Å². The van der Waals surface area contributed by atoms with Gasteiger partial charge in [0.1, 0.15) is 0 Å². The zero-order valence-electron chi connectivity index (χ0n) is 13.1. The number of fused-ring (bicyclic) bond motifs is 1. The number of nitrogens with zero attached hydrogens (tertiary/aromatic N) is 3. The average Bonchev–Trinajstić information content (AvgIpc) is 3.19. The maximum atomic E-state index is 12.2. The lowest BCUT2D eigenvalue weighted by atomic mass is 9.77. The average molecular weight is 326 g/mol. The van der Waals surface area contributed by atoms with Crippen molar-refractivity contribution in [1.29, 1.82) is 0 Å². The first-order valence-electron chi connectivity index (χ1n) is 7.99. The van der Waals surface area contributed by atoms with Gasteiger partial charge in [-0.3, -0.25) is 9.89 Å². The standard InChI is InChI=1S/C16H18N6O2/c17-16(7-3-8-16)15-19-12(24-22-15)6-9-18-14(23)13-10-4-1-2-5-11(10)20-21-13/h1-2,4-5H,3,6-9,17H2,(H,18,23)(H,20,21). The molecule has 1 saturated carbocycles. The molecule has 2 heterocycles. The van der Waals surface area contributed by atoms with Crippen LogP contribution >= 0.6 is 0 Å². The molecule has 0 aliphatic heterocycles. The third-order valence-electron chi connectivity index (χ3n) is 4.47. The number of amides is 1. The van der Waals surface area contributed by atoms with E-state index in [1.807, 2.05) is 24.3 Å². The van der Waals surface area contributed by atoms with E-state index < -0.39 is 5.54 Å². The number of H-pyrrole nitrogens is 1. The Bertz CT molecular complexity index is 879. The van der Waals surface area contributed by atoms with E-state index in [1.165, 1.54) is 0 Å². The third-order valence-corrected chi connectivity index (χ3v) is 4.47. The minimum absolute atomic E-state index is 0.235. The summed E-state index contributed by atoms with van der Waals surface area (Å²) >= 11 is 0. The number of nitrogens with two attached hydrogens (primary N) is 1. The molecule has 0 radical (unpaired) electrons. The quantitative estimate of drug-likeness (QED) is 0.648. The van der Waals surface area contributed by atoms with Gasteiger partial charge in [-0.25, -0.2) is 0 Å². The summed E-state index contributed by atoms with van der Waals surface area (Å²) in [5.41, 5.74) is 6.95. The van der Waals surface area contributed by atoms with Gasteiger partial charge in [0.2, 0.25) is 5.89 Å². The van der Waals surface area contributed by atoms with Crippen LogP contribution in [0, 0.1) is 0 Å². The number of hydrogen-bond donors (Lipinski definition) is 3. The Hall–Kier alpha value is -2.74. The Morgan fingerprint density at radius 1 is 1.38 bits per heavy atom. The first kappa shape index (κ1) is 14.8. The lowest BCUT2D eigenvalue weighted by Gasteiger charge is -2.34. The highest BCUT2D eigenvalue weighted by Gasteiger charge is 2.38. The fourth-order valence-corrected chi connectivity index (χ4v) is 2.84. The molecule has 0 saturated heterocycles. The lowest BCUT2D eigenvalue weighted by molar-refractivity contribution is 0.0950. The summed E-state index contributed by atoms with van der Waals surface area (Å²) in [5.74, 6) is 0.809. The van der Waals surface area contributed by atoms with Crippen LogP contribution in [0.3, 0.4) is 0 Å². The zero-order chi connectivity index (χ0) is 16.6. The summed E-state index contributed by atoms with van der Waals surface area (Å²) in [7, 11) is 0. The van der Waals surface area contributed by atoms with E-state index in [4.69, 9.17) is 10.3 Å². The van der Waals surface area contributed by atoms with Crippen LogP contribution in [-0.4, -0.2) is 32.8 Å². The van der Waals surface area contributed by atoms with Gasteiger partial charge >= 0.3 is 0 Å². The monoisotopic (exact) mass is 326 g/mol. The van der Waals surface area contributed by atoms with Gasteiger partial charge < -0.3 is 15.6 Å². The largest absolute Gasteiger partial charge is 0.350 e. The molecule has 8 nitrogen and oxygen atoms in total. The first-order valence-corrected chi connectivity index (χ1v) is 7.99. The van der Waals surface area contributed by atoms with E-state index >= 15 is 0 Å². The molecule has 2 aromatic heterocycles. The molecule has 1 amide bonds. The van der Waals surface area contributed by atoms with Crippen molar-refractivity contribution in [3.63, 3.8) is 0 Å². The van der Waals surface area contributed by atoms with Crippen molar-refractivity contribution in [2.45, 2.75) is 31.2 Å². The van der Waals surface area contributed by atoms with E-state index in [0.29, 0.717) is 30.4 Å². The molecular formula is C16H18N6O2. The summed E-state index contributed by atoms with van der Waals surface area (Å²) in [6.45, 7) is 0.388. The third kappa shape index (κ3) is 2.54. The first-order chi connectivity index (χ1) is 11.7.